The first kappa shape index (κ1) is 16.1. The zero-order chi connectivity index (χ0) is 14.2. The zero-order valence-electron chi connectivity index (χ0n) is 13.8. The third kappa shape index (κ3) is 4.62. The van der Waals surface area contributed by atoms with E-state index in [-0.39, 0.29) is 0 Å². The zero-order valence-corrected chi connectivity index (χ0v) is 13.8. The van der Waals surface area contributed by atoms with E-state index in [9.17, 15) is 0 Å². The standard InChI is InChI=1S/C19H35N/c1-3-5-9-16-12-14-18(15-13-16)19(20-4-2)17-10-7-6-8-11-17/h10,16,18-20H,3-9,11-15H2,1-2H3. The highest BCUT2D eigenvalue weighted by Gasteiger charge is 2.29. The second-order valence-electron chi connectivity index (χ2n) is 6.98. The van der Waals surface area contributed by atoms with Crippen LogP contribution in [0.3, 0.4) is 0 Å². The largest absolute Gasteiger partial charge is 0.310 e. The van der Waals surface area contributed by atoms with E-state index in [0.29, 0.717) is 6.04 Å². The molecule has 1 saturated carbocycles. The van der Waals surface area contributed by atoms with E-state index in [4.69, 9.17) is 0 Å². The van der Waals surface area contributed by atoms with Crippen molar-refractivity contribution in [1.82, 2.24) is 5.32 Å². The second kappa shape index (κ2) is 8.87. The molecule has 116 valence electrons. The van der Waals surface area contributed by atoms with Gasteiger partial charge >= 0.3 is 0 Å². The van der Waals surface area contributed by atoms with Gasteiger partial charge in [-0.05, 0) is 56.9 Å². The number of nitrogens with one attached hydrogen (secondary N) is 1. The molecule has 0 amide bonds. The molecule has 0 spiro atoms. The minimum absolute atomic E-state index is 0.701. The Balaban J connectivity index is 1.86. The molecule has 0 aromatic heterocycles. The van der Waals surface area contributed by atoms with E-state index in [2.05, 4.69) is 25.2 Å². The lowest BCUT2D eigenvalue weighted by Gasteiger charge is -2.36. The molecule has 0 bridgehead atoms. The molecule has 1 heteroatoms. The predicted octanol–water partition coefficient (Wildman–Crippen LogP) is 5.46. The van der Waals surface area contributed by atoms with E-state index < -0.39 is 0 Å². The third-order valence-corrected chi connectivity index (χ3v) is 5.48. The normalized spacial score (nSPS) is 29.0. The topological polar surface area (TPSA) is 12.0 Å². The average molecular weight is 277 g/mol. The van der Waals surface area contributed by atoms with Crippen LogP contribution in [0, 0.1) is 11.8 Å². The van der Waals surface area contributed by atoms with Gasteiger partial charge in [-0.1, -0.05) is 57.6 Å². The summed E-state index contributed by atoms with van der Waals surface area (Å²) in [6, 6.07) is 0.701. The van der Waals surface area contributed by atoms with Crippen LogP contribution in [-0.4, -0.2) is 12.6 Å². The molecule has 0 saturated heterocycles. The van der Waals surface area contributed by atoms with E-state index in [0.717, 1.165) is 18.4 Å². The maximum absolute atomic E-state index is 3.81. The van der Waals surface area contributed by atoms with Crippen molar-refractivity contribution < 1.29 is 0 Å². The van der Waals surface area contributed by atoms with Crippen LogP contribution in [0.1, 0.15) is 84.5 Å². The van der Waals surface area contributed by atoms with Crippen LogP contribution >= 0.6 is 0 Å². The summed E-state index contributed by atoms with van der Waals surface area (Å²) in [5, 5.41) is 3.81. The summed E-state index contributed by atoms with van der Waals surface area (Å²) < 4.78 is 0. The highest BCUT2D eigenvalue weighted by Crippen LogP contribution is 2.36. The molecule has 0 heterocycles. The lowest BCUT2D eigenvalue weighted by atomic mass is 9.74. The monoisotopic (exact) mass is 277 g/mol. The molecule has 2 aliphatic carbocycles. The summed E-state index contributed by atoms with van der Waals surface area (Å²) in [5.41, 5.74) is 1.75. The van der Waals surface area contributed by atoms with Crippen molar-refractivity contribution in [2.75, 3.05) is 6.54 Å². The Morgan fingerprint density at radius 1 is 1.15 bits per heavy atom. The van der Waals surface area contributed by atoms with Gasteiger partial charge in [-0.15, -0.1) is 0 Å². The molecule has 2 aliphatic rings. The molecule has 1 nitrogen and oxygen atoms in total. The van der Waals surface area contributed by atoms with Crippen LogP contribution in [0.15, 0.2) is 11.6 Å². The van der Waals surface area contributed by atoms with Gasteiger partial charge in [0.15, 0.2) is 0 Å². The van der Waals surface area contributed by atoms with Crippen LogP contribution in [0.25, 0.3) is 0 Å². The van der Waals surface area contributed by atoms with Gasteiger partial charge in [0, 0.05) is 6.04 Å². The maximum atomic E-state index is 3.81. The summed E-state index contributed by atoms with van der Waals surface area (Å²) in [6.07, 6.45) is 18.2. The molecular formula is C19H35N. The number of allylic oxidation sites excluding steroid dienone is 1. The number of rotatable bonds is 7. The van der Waals surface area contributed by atoms with Gasteiger partial charge in [0.2, 0.25) is 0 Å². The number of hydrogen-bond acceptors (Lipinski definition) is 1. The van der Waals surface area contributed by atoms with Crippen LogP contribution < -0.4 is 5.32 Å². The lowest BCUT2D eigenvalue weighted by Crippen LogP contribution is -2.40. The van der Waals surface area contributed by atoms with Gasteiger partial charge in [0.25, 0.3) is 0 Å². The van der Waals surface area contributed by atoms with Crippen LogP contribution in [-0.2, 0) is 0 Å². The summed E-state index contributed by atoms with van der Waals surface area (Å²) in [5.74, 6) is 1.95. The fourth-order valence-electron chi connectivity index (χ4n) is 4.27. The lowest BCUT2D eigenvalue weighted by molar-refractivity contribution is 0.224. The molecule has 0 aromatic rings. The van der Waals surface area contributed by atoms with Gasteiger partial charge in [0.1, 0.15) is 0 Å². The highest BCUT2D eigenvalue weighted by molar-refractivity contribution is 5.15. The molecule has 20 heavy (non-hydrogen) atoms. The smallest absolute Gasteiger partial charge is 0.0307 e. The van der Waals surface area contributed by atoms with Crippen molar-refractivity contribution in [2.24, 2.45) is 11.8 Å². The maximum Gasteiger partial charge on any atom is 0.0307 e. The molecule has 1 N–H and O–H groups in total. The van der Waals surface area contributed by atoms with Gasteiger partial charge in [-0.2, -0.15) is 0 Å². The molecule has 0 radical (unpaired) electrons. The van der Waals surface area contributed by atoms with Crippen molar-refractivity contribution in [1.29, 1.82) is 0 Å². The fraction of sp³-hybridized carbons (Fsp3) is 0.895. The third-order valence-electron chi connectivity index (χ3n) is 5.48. The van der Waals surface area contributed by atoms with Crippen LogP contribution in [0.2, 0.25) is 0 Å². The summed E-state index contributed by atoms with van der Waals surface area (Å²) in [7, 11) is 0. The molecule has 0 aliphatic heterocycles. The Kier molecular flexibility index (Phi) is 7.13. The Bertz CT molecular complexity index is 286. The Morgan fingerprint density at radius 2 is 1.95 bits per heavy atom. The molecule has 0 aromatic carbocycles. The molecule has 2 rings (SSSR count). The first-order valence-electron chi connectivity index (χ1n) is 9.27. The quantitative estimate of drug-likeness (QED) is 0.609. The van der Waals surface area contributed by atoms with E-state index in [1.54, 1.807) is 5.57 Å². The summed E-state index contributed by atoms with van der Waals surface area (Å²) in [4.78, 5) is 0. The first-order valence-corrected chi connectivity index (χ1v) is 9.27. The first-order chi connectivity index (χ1) is 9.85. The Morgan fingerprint density at radius 3 is 2.55 bits per heavy atom. The highest BCUT2D eigenvalue weighted by atomic mass is 14.9. The van der Waals surface area contributed by atoms with Crippen molar-refractivity contribution in [3.8, 4) is 0 Å². The van der Waals surface area contributed by atoms with E-state index >= 15 is 0 Å². The summed E-state index contributed by atoms with van der Waals surface area (Å²) in [6.45, 7) is 5.71. The second-order valence-corrected chi connectivity index (χ2v) is 6.98. The summed E-state index contributed by atoms with van der Waals surface area (Å²) >= 11 is 0. The average Bonchev–Trinajstić information content (AvgIpc) is 2.52. The van der Waals surface area contributed by atoms with Crippen molar-refractivity contribution >= 4 is 0 Å². The molecular weight excluding hydrogens is 242 g/mol. The van der Waals surface area contributed by atoms with Gasteiger partial charge < -0.3 is 5.32 Å². The Labute approximate surface area is 126 Å². The van der Waals surface area contributed by atoms with Crippen LogP contribution in [0.4, 0.5) is 0 Å². The fourth-order valence-corrected chi connectivity index (χ4v) is 4.27. The van der Waals surface area contributed by atoms with Crippen molar-refractivity contribution in [2.45, 2.75) is 90.5 Å². The molecule has 1 atom stereocenters. The van der Waals surface area contributed by atoms with Crippen molar-refractivity contribution in [3.63, 3.8) is 0 Å². The number of likely N-dealkylation sites (N-methyl/N-ethyl adjacent to an activating group) is 1. The van der Waals surface area contributed by atoms with Gasteiger partial charge in [-0.3, -0.25) is 0 Å². The van der Waals surface area contributed by atoms with E-state index in [1.807, 2.05) is 0 Å². The molecule has 1 unspecified atom stereocenters. The van der Waals surface area contributed by atoms with Crippen LogP contribution in [0.5, 0.6) is 0 Å². The minimum Gasteiger partial charge on any atom is -0.310 e. The number of hydrogen-bond donors (Lipinski definition) is 1. The van der Waals surface area contributed by atoms with E-state index in [1.165, 1.54) is 70.6 Å². The minimum atomic E-state index is 0.701. The van der Waals surface area contributed by atoms with Gasteiger partial charge in [0.05, 0.1) is 0 Å². The molecule has 1 fully saturated rings. The number of unbranched alkanes of at least 4 members (excludes halogenated alkanes) is 1. The SMILES string of the molecule is CCCCC1CCC(C(NCC)C2=CCCCC2)CC1. The van der Waals surface area contributed by atoms with Gasteiger partial charge in [-0.25, -0.2) is 0 Å². The van der Waals surface area contributed by atoms with Crippen molar-refractivity contribution in [3.05, 3.63) is 11.6 Å². The Hall–Kier alpha value is -0.300. The predicted molar refractivity (Wildman–Crippen MR) is 89.0 cm³/mol.